The maximum absolute atomic E-state index is 13.2. The molecule has 0 saturated carbocycles. The van der Waals surface area contributed by atoms with Gasteiger partial charge in [-0.2, -0.15) is 9.60 Å². The monoisotopic (exact) mass is 236 g/mol. The molecule has 0 aromatic carbocycles. The Labute approximate surface area is 95.5 Å². The average Bonchev–Trinajstić information content (AvgIpc) is 2.82. The van der Waals surface area contributed by atoms with Gasteiger partial charge in [-0.05, 0) is 19.1 Å². The van der Waals surface area contributed by atoms with Crippen LogP contribution in [0.4, 0.5) is 4.39 Å². The van der Waals surface area contributed by atoms with Gasteiger partial charge in [-0.1, -0.05) is 5.21 Å². The summed E-state index contributed by atoms with van der Waals surface area (Å²) < 4.78 is 13.2. The highest BCUT2D eigenvalue weighted by atomic mass is 19.1. The number of rotatable bonds is 3. The molecule has 0 radical (unpaired) electrons. The quantitative estimate of drug-likeness (QED) is 0.743. The third-order valence-electron chi connectivity index (χ3n) is 2.10. The normalized spacial score (nSPS) is 12.1. The molecule has 1 amide bonds. The number of carbonyl (C=O) groups excluding carboxylic acids is 1. The molecule has 17 heavy (non-hydrogen) atoms. The minimum atomic E-state index is -0.815. The smallest absolute Gasteiger partial charge is 0.256 e. The molecule has 2 N–H and O–H groups in total. The standard InChI is InChI=1S/C9H9FN6O/c1-5(8-13-15-16-14-8)12-9(17)6-3-2-4-11-7(6)10/h2-5H,1H3,(H,12,17)(H,13,14,15,16). The summed E-state index contributed by atoms with van der Waals surface area (Å²) in [4.78, 5) is 15.1. The fourth-order valence-electron chi connectivity index (χ4n) is 1.25. The van der Waals surface area contributed by atoms with Gasteiger partial charge in [0.2, 0.25) is 5.95 Å². The van der Waals surface area contributed by atoms with Gasteiger partial charge in [-0.25, -0.2) is 4.98 Å². The predicted octanol–water partition coefficient (Wildman–Crippen LogP) is 0.225. The first-order valence-corrected chi connectivity index (χ1v) is 4.83. The van der Waals surface area contributed by atoms with E-state index in [0.29, 0.717) is 5.82 Å². The molecule has 2 aromatic rings. The lowest BCUT2D eigenvalue weighted by Crippen LogP contribution is -2.28. The number of aromatic amines is 1. The van der Waals surface area contributed by atoms with Crippen LogP contribution in [0.25, 0.3) is 0 Å². The third-order valence-corrected chi connectivity index (χ3v) is 2.10. The Bertz CT molecular complexity index is 514. The van der Waals surface area contributed by atoms with E-state index in [9.17, 15) is 9.18 Å². The third kappa shape index (κ3) is 2.41. The van der Waals surface area contributed by atoms with Gasteiger partial charge in [0.25, 0.3) is 5.91 Å². The summed E-state index contributed by atoms with van der Waals surface area (Å²) >= 11 is 0. The molecule has 2 heterocycles. The average molecular weight is 236 g/mol. The van der Waals surface area contributed by atoms with E-state index in [2.05, 4.69) is 30.9 Å². The number of pyridine rings is 1. The number of nitrogens with zero attached hydrogens (tertiary/aromatic N) is 4. The second-order valence-corrected chi connectivity index (χ2v) is 3.31. The van der Waals surface area contributed by atoms with Crippen molar-refractivity contribution in [3.63, 3.8) is 0 Å². The molecule has 0 fully saturated rings. The first-order valence-electron chi connectivity index (χ1n) is 4.83. The van der Waals surface area contributed by atoms with Crippen molar-refractivity contribution in [3.05, 3.63) is 35.7 Å². The minimum absolute atomic E-state index is 0.122. The van der Waals surface area contributed by atoms with E-state index >= 15 is 0 Å². The van der Waals surface area contributed by atoms with E-state index in [-0.39, 0.29) is 5.56 Å². The molecule has 0 saturated heterocycles. The number of hydrogen-bond acceptors (Lipinski definition) is 5. The molecule has 2 rings (SSSR count). The van der Waals surface area contributed by atoms with Gasteiger partial charge in [0, 0.05) is 6.20 Å². The largest absolute Gasteiger partial charge is 0.342 e. The Balaban J connectivity index is 2.10. The summed E-state index contributed by atoms with van der Waals surface area (Å²) in [5.41, 5.74) is -0.122. The van der Waals surface area contributed by atoms with Gasteiger partial charge in [-0.15, -0.1) is 10.2 Å². The number of tetrazole rings is 1. The maximum atomic E-state index is 13.2. The second-order valence-electron chi connectivity index (χ2n) is 3.31. The molecule has 7 nitrogen and oxygen atoms in total. The van der Waals surface area contributed by atoms with Crippen LogP contribution in [0, 0.1) is 5.95 Å². The van der Waals surface area contributed by atoms with Crippen molar-refractivity contribution in [2.75, 3.05) is 0 Å². The maximum Gasteiger partial charge on any atom is 0.256 e. The van der Waals surface area contributed by atoms with Crippen LogP contribution < -0.4 is 5.32 Å². The Morgan fingerprint density at radius 2 is 2.41 bits per heavy atom. The van der Waals surface area contributed by atoms with Crippen LogP contribution in [-0.2, 0) is 0 Å². The van der Waals surface area contributed by atoms with Crippen molar-refractivity contribution < 1.29 is 9.18 Å². The fourth-order valence-corrected chi connectivity index (χ4v) is 1.25. The summed E-state index contributed by atoms with van der Waals surface area (Å²) in [6.07, 6.45) is 1.27. The first-order chi connectivity index (χ1) is 8.18. The Kier molecular flexibility index (Phi) is 3.03. The van der Waals surface area contributed by atoms with E-state index in [0.717, 1.165) is 0 Å². The topological polar surface area (TPSA) is 96.5 Å². The van der Waals surface area contributed by atoms with E-state index in [1.807, 2.05) is 0 Å². The number of hydrogen-bond donors (Lipinski definition) is 2. The number of nitrogens with one attached hydrogen (secondary N) is 2. The lowest BCUT2D eigenvalue weighted by molar-refractivity contribution is 0.0933. The summed E-state index contributed by atoms with van der Waals surface area (Å²) in [6.45, 7) is 1.66. The van der Waals surface area contributed by atoms with Gasteiger partial charge < -0.3 is 5.32 Å². The minimum Gasteiger partial charge on any atom is -0.342 e. The van der Waals surface area contributed by atoms with Crippen LogP contribution in [0.3, 0.4) is 0 Å². The van der Waals surface area contributed by atoms with Gasteiger partial charge in [0.05, 0.1) is 11.6 Å². The van der Waals surface area contributed by atoms with Crippen molar-refractivity contribution >= 4 is 5.91 Å². The Morgan fingerprint density at radius 1 is 1.59 bits per heavy atom. The molecule has 0 aliphatic heterocycles. The molecular weight excluding hydrogens is 227 g/mol. The fraction of sp³-hybridized carbons (Fsp3) is 0.222. The molecule has 0 spiro atoms. The summed E-state index contributed by atoms with van der Waals surface area (Å²) in [7, 11) is 0. The van der Waals surface area contributed by atoms with Crippen LogP contribution in [0.2, 0.25) is 0 Å². The molecule has 2 aromatic heterocycles. The number of aromatic nitrogens is 5. The van der Waals surface area contributed by atoms with Crippen LogP contribution in [0.5, 0.6) is 0 Å². The van der Waals surface area contributed by atoms with Crippen molar-refractivity contribution in [1.29, 1.82) is 0 Å². The van der Waals surface area contributed by atoms with Crippen LogP contribution in [0.1, 0.15) is 29.1 Å². The van der Waals surface area contributed by atoms with Crippen LogP contribution in [0.15, 0.2) is 18.3 Å². The SMILES string of the molecule is CC(NC(=O)c1cccnc1F)c1nn[nH]n1. The zero-order valence-corrected chi connectivity index (χ0v) is 8.88. The summed E-state index contributed by atoms with van der Waals surface area (Å²) in [5.74, 6) is -1.07. The molecule has 8 heteroatoms. The lowest BCUT2D eigenvalue weighted by Gasteiger charge is -2.09. The zero-order valence-electron chi connectivity index (χ0n) is 8.88. The molecular formula is C9H9FN6O. The molecule has 1 unspecified atom stereocenters. The molecule has 88 valence electrons. The summed E-state index contributed by atoms with van der Waals surface area (Å²) in [6, 6.07) is 2.36. The van der Waals surface area contributed by atoms with Gasteiger partial charge in [0.1, 0.15) is 0 Å². The Morgan fingerprint density at radius 3 is 3.06 bits per heavy atom. The van der Waals surface area contributed by atoms with Crippen molar-refractivity contribution in [2.45, 2.75) is 13.0 Å². The van der Waals surface area contributed by atoms with Gasteiger partial charge in [0.15, 0.2) is 5.82 Å². The highest BCUT2D eigenvalue weighted by Gasteiger charge is 2.17. The van der Waals surface area contributed by atoms with E-state index in [1.54, 1.807) is 6.92 Å². The Hall–Kier alpha value is -2.38. The van der Waals surface area contributed by atoms with E-state index in [4.69, 9.17) is 0 Å². The van der Waals surface area contributed by atoms with E-state index < -0.39 is 17.9 Å². The number of carbonyl (C=O) groups is 1. The summed E-state index contributed by atoms with van der Waals surface area (Å²) in [5, 5.41) is 15.6. The molecule has 1 atom stereocenters. The highest BCUT2D eigenvalue weighted by Crippen LogP contribution is 2.08. The van der Waals surface area contributed by atoms with Crippen LogP contribution >= 0.6 is 0 Å². The van der Waals surface area contributed by atoms with E-state index in [1.165, 1.54) is 18.3 Å². The van der Waals surface area contributed by atoms with Crippen LogP contribution in [-0.4, -0.2) is 31.5 Å². The van der Waals surface area contributed by atoms with Gasteiger partial charge >= 0.3 is 0 Å². The lowest BCUT2D eigenvalue weighted by atomic mass is 10.2. The van der Waals surface area contributed by atoms with Gasteiger partial charge in [-0.3, -0.25) is 4.79 Å². The first kappa shape index (κ1) is 11.1. The zero-order chi connectivity index (χ0) is 12.3. The van der Waals surface area contributed by atoms with Crippen molar-refractivity contribution in [2.24, 2.45) is 0 Å². The number of H-pyrrole nitrogens is 1. The molecule has 0 bridgehead atoms. The molecule has 0 aliphatic rings. The molecule has 0 aliphatic carbocycles. The van der Waals surface area contributed by atoms with Crippen molar-refractivity contribution in [3.8, 4) is 0 Å². The highest BCUT2D eigenvalue weighted by molar-refractivity contribution is 5.94. The van der Waals surface area contributed by atoms with Crippen molar-refractivity contribution in [1.82, 2.24) is 30.9 Å². The predicted molar refractivity (Wildman–Crippen MR) is 54.3 cm³/mol. The number of halogens is 1. The second kappa shape index (κ2) is 4.64. The number of amides is 1.